The predicted octanol–water partition coefficient (Wildman–Crippen LogP) is 4.13. The van der Waals surface area contributed by atoms with Gasteiger partial charge in [-0.05, 0) is 44.5 Å². The van der Waals surface area contributed by atoms with Gasteiger partial charge in [0.2, 0.25) is 0 Å². The molecule has 0 aliphatic heterocycles. The molecular formula is C14H20ClN. The molecule has 0 spiro atoms. The Balaban J connectivity index is 2.68. The molecule has 0 fully saturated rings. The first-order valence-corrected chi connectivity index (χ1v) is 6.18. The van der Waals surface area contributed by atoms with Crippen molar-refractivity contribution < 1.29 is 0 Å². The van der Waals surface area contributed by atoms with Crippen LogP contribution in [0.4, 0.5) is 0 Å². The maximum Gasteiger partial charge on any atom is 0.0411 e. The summed E-state index contributed by atoms with van der Waals surface area (Å²) in [6.45, 7) is 7.57. The largest absolute Gasteiger partial charge is 0.311 e. The lowest BCUT2D eigenvalue weighted by Crippen LogP contribution is -2.27. The number of nitrogens with one attached hydrogen (secondary N) is 1. The maximum absolute atomic E-state index is 5.95. The van der Waals surface area contributed by atoms with E-state index in [1.54, 1.807) is 0 Å². The van der Waals surface area contributed by atoms with Crippen molar-refractivity contribution in [2.24, 2.45) is 0 Å². The molecule has 0 heterocycles. The van der Waals surface area contributed by atoms with Crippen molar-refractivity contribution >= 4 is 17.7 Å². The molecule has 1 aromatic carbocycles. The maximum atomic E-state index is 5.95. The first kappa shape index (κ1) is 13.3. The standard InChI is InChI=1S/C14H20ClN/c1-4-8-16-12(3)11(2)9-13-6-5-7-14(15)10-13/h5-7,9-10,12,16H,4,8H2,1-3H3/b11-9+. The van der Waals surface area contributed by atoms with Gasteiger partial charge in [0.25, 0.3) is 0 Å². The van der Waals surface area contributed by atoms with Crippen LogP contribution in [0.5, 0.6) is 0 Å². The van der Waals surface area contributed by atoms with Gasteiger partial charge in [0.1, 0.15) is 0 Å². The number of halogens is 1. The normalized spacial score (nSPS) is 13.9. The Morgan fingerprint density at radius 3 is 2.88 bits per heavy atom. The molecule has 2 heteroatoms. The predicted molar refractivity (Wildman–Crippen MR) is 72.9 cm³/mol. The molecule has 1 aromatic rings. The van der Waals surface area contributed by atoms with E-state index in [1.165, 1.54) is 5.57 Å². The van der Waals surface area contributed by atoms with Gasteiger partial charge in [0, 0.05) is 11.1 Å². The highest BCUT2D eigenvalue weighted by Gasteiger charge is 2.02. The minimum Gasteiger partial charge on any atom is -0.311 e. The molecule has 0 amide bonds. The van der Waals surface area contributed by atoms with E-state index >= 15 is 0 Å². The minimum atomic E-state index is 0.416. The Kier molecular flexibility index (Phi) is 5.58. The monoisotopic (exact) mass is 237 g/mol. The van der Waals surface area contributed by atoms with Crippen LogP contribution in [0.15, 0.2) is 29.8 Å². The van der Waals surface area contributed by atoms with E-state index in [0.717, 1.165) is 23.6 Å². The van der Waals surface area contributed by atoms with E-state index < -0.39 is 0 Å². The van der Waals surface area contributed by atoms with Crippen LogP contribution in [-0.2, 0) is 0 Å². The molecule has 1 unspecified atom stereocenters. The Morgan fingerprint density at radius 2 is 2.25 bits per heavy atom. The Bertz CT molecular complexity index is 358. The van der Waals surface area contributed by atoms with E-state index in [1.807, 2.05) is 18.2 Å². The van der Waals surface area contributed by atoms with Crippen molar-refractivity contribution in [2.45, 2.75) is 33.2 Å². The molecule has 0 saturated heterocycles. The summed E-state index contributed by atoms with van der Waals surface area (Å²) in [6, 6.07) is 8.34. The molecular weight excluding hydrogens is 218 g/mol. The zero-order valence-electron chi connectivity index (χ0n) is 10.3. The lowest BCUT2D eigenvalue weighted by molar-refractivity contribution is 0.604. The second-order valence-electron chi connectivity index (χ2n) is 4.12. The van der Waals surface area contributed by atoms with Gasteiger partial charge in [-0.25, -0.2) is 0 Å². The lowest BCUT2D eigenvalue weighted by Gasteiger charge is -2.14. The summed E-state index contributed by atoms with van der Waals surface area (Å²) in [6.07, 6.45) is 3.34. The molecule has 0 bridgehead atoms. The summed E-state index contributed by atoms with van der Waals surface area (Å²) in [4.78, 5) is 0. The summed E-state index contributed by atoms with van der Waals surface area (Å²) >= 11 is 5.95. The summed E-state index contributed by atoms with van der Waals surface area (Å²) in [5.74, 6) is 0. The van der Waals surface area contributed by atoms with Crippen LogP contribution in [0, 0.1) is 0 Å². The molecule has 1 rings (SSSR count). The minimum absolute atomic E-state index is 0.416. The van der Waals surface area contributed by atoms with E-state index in [4.69, 9.17) is 11.6 Å². The fourth-order valence-corrected chi connectivity index (χ4v) is 1.70. The molecule has 88 valence electrons. The topological polar surface area (TPSA) is 12.0 Å². The second-order valence-corrected chi connectivity index (χ2v) is 4.56. The average Bonchev–Trinajstić information content (AvgIpc) is 2.25. The van der Waals surface area contributed by atoms with E-state index in [-0.39, 0.29) is 0 Å². The summed E-state index contributed by atoms with van der Waals surface area (Å²) in [7, 11) is 0. The quantitative estimate of drug-likeness (QED) is 0.812. The summed E-state index contributed by atoms with van der Waals surface area (Å²) in [5.41, 5.74) is 2.49. The smallest absolute Gasteiger partial charge is 0.0411 e. The van der Waals surface area contributed by atoms with Crippen LogP contribution in [0.3, 0.4) is 0 Å². The van der Waals surface area contributed by atoms with Gasteiger partial charge in [0.05, 0.1) is 0 Å². The van der Waals surface area contributed by atoms with Gasteiger partial charge < -0.3 is 5.32 Å². The Labute approximate surface area is 104 Å². The van der Waals surface area contributed by atoms with E-state index in [0.29, 0.717) is 6.04 Å². The fraction of sp³-hybridized carbons (Fsp3) is 0.429. The van der Waals surface area contributed by atoms with Gasteiger partial charge in [-0.1, -0.05) is 42.3 Å². The van der Waals surface area contributed by atoms with Crippen LogP contribution in [0.1, 0.15) is 32.8 Å². The number of rotatable bonds is 5. The third-order valence-electron chi connectivity index (χ3n) is 2.63. The lowest BCUT2D eigenvalue weighted by atomic mass is 10.1. The fourth-order valence-electron chi connectivity index (χ4n) is 1.51. The number of hydrogen-bond donors (Lipinski definition) is 1. The van der Waals surface area contributed by atoms with Crippen LogP contribution < -0.4 is 5.32 Å². The molecule has 16 heavy (non-hydrogen) atoms. The SMILES string of the molecule is CCCNC(C)/C(C)=C/c1cccc(Cl)c1. The number of hydrogen-bond acceptors (Lipinski definition) is 1. The van der Waals surface area contributed by atoms with Crippen LogP contribution >= 0.6 is 11.6 Å². The van der Waals surface area contributed by atoms with E-state index in [2.05, 4.69) is 38.2 Å². The van der Waals surface area contributed by atoms with Crippen molar-refractivity contribution in [3.63, 3.8) is 0 Å². The number of benzene rings is 1. The zero-order chi connectivity index (χ0) is 12.0. The van der Waals surface area contributed by atoms with Crippen molar-refractivity contribution in [3.8, 4) is 0 Å². The average molecular weight is 238 g/mol. The van der Waals surface area contributed by atoms with Gasteiger partial charge in [-0.15, -0.1) is 0 Å². The van der Waals surface area contributed by atoms with Gasteiger partial charge in [-0.3, -0.25) is 0 Å². The third kappa shape index (κ3) is 4.38. The van der Waals surface area contributed by atoms with Crippen LogP contribution in [0.25, 0.3) is 6.08 Å². The molecule has 0 saturated carbocycles. The molecule has 1 nitrogen and oxygen atoms in total. The van der Waals surface area contributed by atoms with Crippen LogP contribution in [-0.4, -0.2) is 12.6 Å². The third-order valence-corrected chi connectivity index (χ3v) is 2.86. The van der Waals surface area contributed by atoms with Gasteiger partial charge in [-0.2, -0.15) is 0 Å². The first-order valence-electron chi connectivity index (χ1n) is 5.80. The molecule has 0 aliphatic carbocycles. The molecule has 0 aromatic heterocycles. The molecule has 0 aliphatic rings. The van der Waals surface area contributed by atoms with Crippen molar-refractivity contribution in [1.29, 1.82) is 0 Å². The van der Waals surface area contributed by atoms with Crippen molar-refractivity contribution in [1.82, 2.24) is 5.32 Å². The second kappa shape index (κ2) is 6.72. The van der Waals surface area contributed by atoms with E-state index in [9.17, 15) is 0 Å². The highest BCUT2D eigenvalue weighted by molar-refractivity contribution is 6.30. The zero-order valence-corrected chi connectivity index (χ0v) is 11.0. The van der Waals surface area contributed by atoms with Crippen molar-refractivity contribution in [3.05, 3.63) is 40.4 Å². The highest BCUT2D eigenvalue weighted by Crippen LogP contribution is 2.14. The summed E-state index contributed by atoms with van der Waals surface area (Å²) < 4.78 is 0. The van der Waals surface area contributed by atoms with Crippen LogP contribution in [0.2, 0.25) is 5.02 Å². The van der Waals surface area contributed by atoms with Crippen molar-refractivity contribution in [2.75, 3.05) is 6.54 Å². The Hall–Kier alpha value is -0.790. The summed E-state index contributed by atoms with van der Waals surface area (Å²) in [5, 5.41) is 4.25. The molecule has 1 atom stereocenters. The Morgan fingerprint density at radius 1 is 1.50 bits per heavy atom. The highest BCUT2D eigenvalue weighted by atomic mass is 35.5. The van der Waals surface area contributed by atoms with Gasteiger partial charge >= 0.3 is 0 Å². The van der Waals surface area contributed by atoms with Gasteiger partial charge in [0.15, 0.2) is 0 Å². The first-order chi connectivity index (χ1) is 7.63. The molecule has 1 N–H and O–H groups in total. The molecule has 0 radical (unpaired) electrons.